The predicted octanol–water partition coefficient (Wildman–Crippen LogP) is -1.13. The molecular weight excluding hydrogens is 240 g/mol. The molecule has 2 rings (SSSR count). The lowest BCUT2D eigenvalue weighted by molar-refractivity contribution is -0.137. The third-order valence-electron chi connectivity index (χ3n) is 2.82. The number of rotatable bonds is 4. The number of hydrogen-bond acceptors (Lipinski definition) is 6. The van der Waals surface area contributed by atoms with Gasteiger partial charge in [0.15, 0.2) is 0 Å². The normalized spacial score (nSPS) is 33.3. The van der Waals surface area contributed by atoms with Crippen LogP contribution in [0.1, 0.15) is 0 Å². The first-order chi connectivity index (χ1) is 8.63. The van der Waals surface area contributed by atoms with Gasteiger partial charge in [0, 0.05) is 0 Å². The van der Waals surface area contributed by atoms with Crippen LogP contribution >= 0.6 is 0 Å². The molecule has 1 aliphatic heterocycles. The van der Waals surface area contributed by atoms with Gasteiger partial charge in [-0.15, -0.1) is 0 Å². The monoisotopic (exact) mass is 256 g/mol. The van der Waals surface area contributed by atoms with Crippen LogP contribution in [-0.4, -0.2) is 57.7 Å². The minimum absolute atomic E-state index is 0.480. The number of para-hydroxylation sites is 1. The lowest BCUT2D eigenvalue weighted by Crippen LogP contribution is -2.40. The quantitative estimate of drug-likeness (QED) is 0.544. The largest absolute Gasteiger partial charge is 0.462 e. The van der Waals surface area contributed by atoms with Gasteiger partial charge in [0.05, 0.1) is 6.61 Å². The van der Waals surface area contributed by atoms with Gasteiger partial charge in [-0.1, -0.05) is 18.2 Å². The summed E-state index contributed by atoms with van der Waals surface area (Å²) >= 11 is 0. The van der Waals surface area contributed by atoms with Crippen molar-refractivity contribution in [3.8, 4) is 5.75 Å². The van der Waals surface area contributed by atoms with Gasteiger partial charge in [0.25, 0.3) is 0 Å². The van der Waals surface area contributed by atoms with Crippen molar-refractivity contribution < 1.29 is 29.9 Å². The van der Waals surface area contributed by atoms with Crippen molar-refractivity contribution in [2.75, 3.05) is 6.61 Å². The molecule has 0 aromatic heterocycles. The molecule has 0 amide bonds. The van der Waals surface area contributed by atoms with Crippen LogP contribution < -0.4 is 4.74 Å². The number of benzene rings is 1. The van der Waals surface area contributed by atoms with Crippen molar-refractivity contribution in [1.82, 2.24) is 0 Å². The standard InChI is InChI=1S/C12H16O6/c13-6-8(14)11-9(15)10(16)12(18-11)17-7-4-2-1-3-5-7/h1-5,8-16H,6H2/t8-,9-,10-,11+,12+/m1/s1. The molecule has 18 heavy (non-hydrogen) atoms. The molecule has 100 valence electrons. The summed E-state index contributed by atoms with van der Waals surface area (Å²) < 4.78 is 10.6. The van der Waals surface area contributed by atoms with Gasteiger partial charge in [0.2, 0.25) is 6.29 Å². The lowest BCUT2D eigenvalue weighted by atomic mass is 10.1. The molecular formula is C12H16O6. The van der Waals surface area contributed by atoms with Crippen LogP contribution in [0, 0.1) is 0 Å². The fourth-order valence-electron chi connectivity index (χ4n) is 1.82. The van der Waals surface area contributed by atoms with Gasteiger partial charge in [-0.25, -0.2) is 0 Å². The number of aliphatic hydroxyl groups excluding tert-OH is 4. The van der Waals surface area contributed by atoms with E-state index < -0.39 is 37.3 Å². The van der Waals surface area contributed by atoms with Gasteiger partial charge in [-0.2, -0.15) is 0 Å². The van der Waals surface area contributed by atoms with Crippen LogP contribution in [0.2, 0.25) is 0 Å². The van der Waals surface area contributed by atoms with Gasteiger partial charge in [-0.3, -0.25) is 0 Å². The number of aliphatic hydroxyl groups is 4. The second-order valence-electron chi connectivity index (χ2n) is 4.13. The van der Waals surface area contributed by atoms with E-state index in [1.54, 1.807) is 24.3 Å². The van der Waals surface area contributed by atoms with Crippen LogP contribution in [-0.2, 0) is 4.74 Å². The summed E-state index contributed by atoms with van der Waals surface area (Å²) in [5, 5.41) is 37.7. The fraction of sp³-hybridized carbons (Fsp3) is 0.500. The van der Waals surface area contributed by atoms with Gasteiger partial charge in [0.1, 0.15) is 30.2 Å². The highest BCUT2D eigenvalue weighted by atomic mass is 16.7. The topological polar surface area (TPSA) is 99.4 Å². The Hall–Kier alpha value is -1.18. The second kappa shape index (κ2) is 5.64. The Labute approximate surface area is 104 Å². The minimum Gasteiger partial charge on any atom is -0.462 e. The molecule has 6 nitrogen and oxygen atoms in total. The summed E-state index contributed by atoms with van der Waals surface area (Å²) in [5.41, 5.74) is 0. The van der Waals surface area contributed by atoms with E-state index in [1.165, 1.54) is 0 Å². The van der Waals surface area contributed by atoms with Crippen LogP contribution in [0.15, 0.2) is 30.3 Å². The van der Waals surface area contributed by atoms with E-state index in [2.05, 4.69) is 0 Å². The molecule has 5 atom stereocenters. The average molecular weight is 256 g/mol. The maximum absolute atomic E-state index is 9.74. The summed E-state index contributed by atoms with van der Waals surface area (Å²) in [4.78, 5) is 0. The Morgan fingerprint density at radius 3 is 2.44 bits per heavy atom. The van der Waals surface area contributed by atoms with Crippen molar-refractivity contribution in [3.05, 3.63) is 30.3 Å². The Morgan fingerprint density at radius 2 is 1.83 bits per heavy atom. The molecule has 0 aliphatic carbocycles. The third-order valence-corrected chi connectivity index (χ3v) is 2.82. The zero-order valence-corrected chi connectivity index (χ0v) is 9.59. The molecule has 1 fully saturated rings. The molecule has 0 bridgehead atoms. The molecule has 0 radical (unpaired) electrons. The maximum atomic E-state index is 9.74. The van der Waals surface area contributed by atoms with E-state index in [0.29, 0.717) is 5.75 Å². The second-order valence-corrected chi connectivity index (χ2v) is 4.13. The SMILES string of the molecule is OC[C@@H](O)[C@@H]1O[C@H](Oc2ccccc2)[C@H](O)[C@H]1O. The Bertz CT molecular complexity index is 370. The van der Waals surface area contributed by atoms with Crippen LogP contribution in [0.4, 0.5) is 0 Å². The summed E-state index contributed by atoms with van der Waals surface area (Å²) in [6.07, 6.45) is -6.00. The van der Waals surface area contributed by atoms with Crippen molar-refractivity contribution in [1.29, 1.82) is 0 Å². The van der Waals surface area contributed by atoms with E-state index in [0.717, 1.165) is 0 Å². The van der Waals surface area contributed by atoms with Crippen molar-refractivity contribution in [3.63, 3.8) is 0 Å². The van der Waals surface area contributed by atoms with Crippen molar-refractivity contribution >= 4 is 0 Å². The summed E-state index contributed by atoms with van der Waals surface area (Å²) in [6, 6.07) is 8.68. The smallest absolute Gasteiger partial charge is 0.229 e. The molecule has 1 aliphatic rings. The predicted molar refractivity (Wildman–Crippen MR) is 60.8 cm³/mol. The Morgan fingerprint density at radius 1 is 1.17 bits per heavy atom. The Kier molecular flexibility index (Phi) is 4.15. The highest BCUT2D eigenvalue weighted by molar-refractivity contribution is 5.21. The number of hydrogen-bond donors (Lipinski definition) is 4. The first-order valence-electron chi connectivity index (χ1n) is 5.65. The van der Waals surface area contributed by atoms with Gasteiger partial charge in [-0.05, 0) is 12.1 Å². The maximum Gasteiger partial charge on any atom is 0.229 e. The lowest BCUT2D eigenvalue weighted by Gasteiger charge is -2.18. The third kappa shape index (κ3) is 2.63. The van der Waals surface area contributed by atoms with Crippen molar-refractivity contribution in [2.45, 2.75) is 30.7 Å². The Balaban J connectivity index is 2.03. The molecule has 4 N–H and O–H groups in total. The van der Waals surface area contributed by atoms with Crippen molar-refractivity contribution in [2.24, 2.45) is 0 Å². The summed E-state index contributed by atoms with van der Waals surface area (Å²) in [6.45, 7) is -0.563. The average Bonchev–Trinajstić information content (AvgIpc) is 2.67. The summed E-state index contributed by atoms with van der Waals surface area (Å²) in [5.74, 6) is 0.480. The van der Waals surface area contributed by atoms with E-state index in [1.807, 2.05) is 6.07 Å². The molecule has 1 aromatic carbocycles. The van der Waals surface area contributed by atoms with Gasteiger partial charge < -0.3 is 29.9 Å². The van der Waals surface area contributed by atoms with Gasteiger partial charge >= 0.3 is 0 Å². The minimum atomic E-state index is -1.30. The number of ether oxygens (including phenoxy) is 2. The highest BCUT2D eigenvalue weighted by Crippen LogP contribution is 2.26. The van der Waals surface area contributed by atoms with E-state index in [4.69, 9.17) is 14.6 Å². The van der Waals surface area contributed by atoms with Crippen LogP contribution in [0.25, 0.3) is 0 Å². The van der Waals surface area contributed by atoms with E-state index >= 15 is 0 Å². The first kappa shape index (κ1) is 13.3. The molecule has 6 heteroatoms. The van der Waals surface area contributed by atoms with Crippen LogP contribution in [0.5, 0.6) is 5.75 Å². The zero-order chi connectivity index (χ0) is 13.1. The first-order valence-corrected chi connectivity index (χ1v) is 5.65. The van der Waals surface area contributed by atoms with E-state index in [9.17, 15) is 15.3 Å². The van der Waals surface area contributed by atoms with E-state index in [-0.39, 0.29) is 0 Å². The molecule has 0 unspecified atom stereocenters. The molecule has 1 heterocycles. The highest BCUT2D eigenvalue weighted by Gasteiger charge is 2.47. The molecule has 0 spiro atoms. The molecule has 0 saturated carbocycles. The van der Waals surface area contributed by atoms with Crippen LogP contribution in [0.3, 0.4) is 0 Å². The molecule has 1 aromatic rings. The fourth-order valence-corrected chi connectivity index (χ4v) is 1.82. The zero-order valence-electron chi connectivity index (χ0n) is 9.59. The summed E-state index contributed by atoms with van der Waals surface area (Å²) in [7, 11) is 0. The molecule has 1 saturated heterocycles.